The molecule has 0 bridgehead atoms. The standard InChI is InChI=1S/C13H14BrNO/c1-9(15)8-12-6-7-13(16-12)10-2-4-11(14)5-3-10/h2-7,9H,8,15H2,1H3. The van der Waals surface area contributed by atoms with Gasteiger partial charge in [-0.05, 0) is 31.2 Å². The van der Waals surface area contributed by atoms with Gasteiger partial charge in [0.1, 0.15) is 11.5 Å². The number of furan rings is 1. The topological polar surface area (TPSA) is 39.2 Å². The van der Waals surface area contributed by atoms with E-state index in [4.69, 9.17) is 10.2 Å². The molecule has 0 fully saturated rings. The molecule has 1 aromatic heterocycles. The van der Waals surface area contributed by atoms with E-state index in [0.717, 1.165) is 28.0 Å². The van der Waals surface area contributed by atoms with Crippen LogP contribution >= 0.6 is 15.9 Å². The van der Waals surface area contributed by atoms with E-state index in [9.17, 15) is 0 Å². The smallest absolute Gasteiger partial charge is 0.134 e. The van der Waals surface area contributed by atoms with Gasteiger partial charge in [0.2, 0.25) is 0 Å². The van der Waals surface area contributed by atoms with Gasteiger partial charge in [0.15, 0.2) is 0 Å². The van der Waals surface area contributed by atoms with Gasteiger partial charge in [0.25, 0.3) is 0 Å². The number of rotatable bonds is 3. The number of benzene rings is 1. The molecule has 1 atom stereocenters. The highest BCUT2D eigenvalue weighted by Crippen LogP contribution is 2.24. The molecule has 3 heteroatoms. The summed E-state index contributed by atoms with van der Waals surface area (Å²) in [6, 6.07) is 12.2. The lowest BCUT2D eigenvalue weighted by molar-refractivity contribution is 0.503. The maximum atomic E-state index is 5.73. The fourth-order valence-electron chi connectivity index (χ4n) is 1.57. The van der Waals surface area contributed by atoms with Crippen LogP contribution in [-0.2, 0) is 6.42 Å². The molecule has 0 spiro atoms. The van der Waals surface area contributed by atoms with Crippen LogP contribution in [-0.4, -0.2) is 6.04 Å². The van der Waals surface area contributed by atoms with Crippen LogP contribution < -0.4 is 5.73 Å². The van der Waals surface area contributed by atoms with Crippen molar-refractivity contribution < 1.29 is 4.42 Å². The van der Waals surface area contributed by atoms with E-state index in [1.807, 2.05) is 43.3 Å². The van der Waals surface area contributed by atoms with Gasteiger partial charge in [-0.3, -0.25) is 0 Å². The van der Waals surface area contributed by atoms with Gasteiger partial charge < -0.3 is 10.2 Å². The van der Waals surface area contributed by atoms with Gasteiger partial charge in [0, 0.05) is 22.5 Å². The minimum absolute atomic E-state index is 0.129. The largest absolute Gasteiger partial charge is 0.461 e. The van der Waals surface area contributed by atoms with Crippen LogP contribution in [0.3, 0.4) is 0 Å². The van der Waals surface area contributed by atoms with Crippen molar-refractivity contribution in [2.24, 2.45) is 5.73 Å². The predicted octanol–water partition coefficient (Wildman–Crippen LogP) is 3.60. The summed E-state index contributed by atoms with van der Waals surface area (Å²) in [5.74, 6) is 1.83. The quantitative estimate of drug-likeness (QED) is 0.933. The van der Waals surface area contributed by atoms with Crippen LogP contribution in [0, 0.1) is 0 Å². The first-order valence-corrected chi connectivity index (χ1v) is 6.04. The lowest BCUT2D eigenvalue weighted by atomic mass is 10.2. The highest BCUT2D eigenvalue weighted by atomic mass is 79.9. The molecule has 2 nitrogen and oxygen atoms in total. The summed E-state index contributed by atoms with van der Waals surface area (Å²) in [6.07, 6.45) is 0.774. The third-order valence-corrected chi connectivity index (χ3v) is 2.84. The lowest BCUT2D eigenvalue weighted by Crippen LogP contribution is -2.17. The van der Waals surface area contributed by atoms with Crippen LogP contribution in [0.2, 0.25) is 0 Å². The van der Waals surface area contributed by atoms with Gasteiger partial charge in [0.05, 0.1) is 0 Å². The van der Waals surface area contributed by atoms with Crippen molar-refractivity contribution in [3.05, 3.63) is 46.6 Å². The Morgan fingerprint density at radius 3 is 2.50 bits per heavy atom. The first-order valence-electron chi connectivity index (χ1n) is 5.25. The monoisotopic (exact) mass is 279 g/mol. The van der Waals surface area contributed by atoms with Gasteiger partial charge in [-0.1, -0.05) is 28.1 Å². The molecule has 1 aromatic carbocycles. The lowest BCUT2D eigenvalue weighted by Gasteiger charge is -2.01. The molecule has 1 unspecified atom stereocenters. The summed E-state index contributed by atoms with van der Waals surface area (Å²) in [4.78, 5) is 0. The zero-order chi connectivity index (χ0) is 11.5. The average molecular weight is 280 g/mol. The van der Waals surface area contributed by atoms with Crippen LogP contribution in [0.25, 0.3) is 11.3 Å². The summed E-state index contributed by atoms with van der Waals surface area (Å²) in [5.41, 5.74) is 6.81. The summed E-state index contributed by atoms with van der Waals surface area (Å²) < 4.78 is 6.79. The van der Waals surface area contributed by atoms with Gasteiger partial charge in [-0.15, -0.1) is 0 Å². The Kier molecular flexibility index (Phi) is 3.46. The second kappa shape index (κ2) is 4.85. The average Bonchev–Trinajstić information content (AvgIpc) is 2.66. The Morgan fingerprint density at radius 2 is 1.88 bits per heavy atom. The SMILES string of the molecule is CC(N)Cc1ccc(-c2ccc(Br)cc2)o1. The van der Waals surface area contributed by atoms with E-state index < -0.39 is 0 Å². The Labute approximate surface area is 104 Å². The van der Waals surface area contributed by atoms with E-state index in [2.05, 4.69) is 15.9 Å². The normalized spacial score (nSPS) is 12.7. The van der Waals surface area contributed by atoms with E-state index in [1.165, 1.54) is 0 Å². The second-order valence-corrected chi connectivity index (χ2v) is 4.87. The molecule has 2 N–H and O–H groups in total. The Morgan fingerprint density at radius 1 is 1.19 bits per heavy atom. The Balaban J connectivity index is 2.21. The van der Waals surface area contributed by atoms with Crippen molar-refractivity contribution >= 4 is 15.9 Å². The highest BCUT2D eigenvalue weighted by molar-refractivity contribution is 9.10. The number of hydrogen-bond donors (Lipinski definition) is 1. The number of nitrogens with two attached hydrogens (primary N) is 1. The molecule has 0 aliphatic heterocycles. The molecule has 0 saturated heterocycles. The third kappa shape index (κ3) is 2.74. The maximum Gasteiger partial charge on any atom is 0.134 e. The molecular weight excluding hydrogens is 266 g/mol. The molecule has 16 heavy (non-hydrogen) atoms. The first-order chi connectivity index (χ1) is 7.65. The number of hydrogen-bond acceptors (Lipinski definition) is 2. The van der Waals surface area contributed by atoms with Crippen LogP contribution in [0.1, 0.15) is 12.7 Å². The molecular formula is C13H14BrNO. The van der Waals surface area contributed by atoms with Gasteiger partial charge >= 0.3 is 0 Å². The summed E-state index contributed by atoms with van der Waals surface area (Å²) >= 11 is 3.41. The Bertz CT molecular complexity index is 459. The third-order valence-electron chi connectivity index (χ3n) is 2.31. The van der Waals surface area contributed by atoms with Gasteiger partial charge in [-0.25, -0.2) is 0 Å². The van der Waals surface area contributed by atoms with Crippen molar-refractivity contribution in [2.45, 2.75) is 19.4 Å². The summed E-state index contributed by atoms with van der Waals surface area (Å²) in [5, 5.41) is 0. The second-order valence-electron chi connectivity index (χ2n) is 3.95. The van der Waals surface area contributed by atoms with Crippen LogP contribution in [0.4, 0.5) is 0 Å². The van der Waals surface area contributed by atoms with Crippen molar-refractivity contribution in [3.8, 4) is 11.3 Å². The molecule has 84 valence electrons. The molecule has 0 aliphatic rings. The van der Waals surface area contributed by atoms with Crippen molar-refractivity contribution in [1.29, 1.82) is 0 Å². The van der Waals surface area contributed by atoms with Gasteiger partial charge in [-0.2, -0.15) is 0 Å². The molecule has 0 amide bonds. The first kappa shape index (κ1) is 11.4. The predicted molar refractivity (Wildman–Crippen MR) is 69.2 cm³/mol. The highest BCUT2D eigenvalue weighted by Gasteiger charge is 2.06. The maximum absolute atomic E-state index is 5.73. The molecule has 2 aromatic rings. The zero-order valence-corrected chi connectivity index (χ0v) is 10.7. The van der Waals surface area contributed by atoms with Crippen molar-refractivity contribution in [3.63, 3.8) is 0 Å². The van der Waals surface area contributed by atoms with E-state index in [0.29, 0.717) is 0 Å². The van der Waals surface area contributed by atoms with Crippen molar-refractivity contribution in [2.75, 3.05) is 0 Å². The van der Waals surface area contributed by atoms with Crippen molar-refractivity contribution in [1.82, 2.24) is 0 Å². The fourth-order valence-corrected chi connectivity index (χ4v) is 1.84. The molecule has 0 aliphatic carbocycles. The minimum Gasteiger partial charge on any atom is -0.461 e. The summed E-state index contributed by atoms with van der Waals surface area (Å²) in [7, 11) is 0. The summed E-state index contributed by atoms with van der Waals surface area (Å²) in [6.45, 7) is 1.97. The van der Waals surface area contributed by atoms with E-state index in [1.54, 1.807) is 0 Å². The minimum atomic E-state index is 0.129. The molecule has 0 radical (unpaired) electrons. The zero-order valence-electron chi connectivity index (χ0n) is 9.11. The molecule has 2 rings (SSSR count). The Hall–Kier alpha value is -1.06. The number of halogens is 1. The van der Waals surface area contributed by atoms with Crippen LogP contribution in [0.5, 0.6) is 0 Å². The van der Waals surface area contributed by atoms with E-state index in [-0.39, 0.29) is 6.04 Å². The van der Waals surface area contributed by atoms with Crippen LogP contribution in [0.15, 0.2) is 45.3 Å². The molecule has 0 saturated carbocycles. The van der Waals surface area contributed by atoms with E-state index >= 15 is 0 Å². The molecule has 1 heterocycles. The fraction of sp³-hybridized carbons (Fsp3) is 0.231.